The van der Waals surface area contributed by atoms with Crippen LogP contribution in [-0.2, 0) is 11.2 Å². The van der Waals surface area contributed by atoms with Crippen LogP contribution in [0.5, 0.6) is 5.75 Å². The minimum Gasteiger partial charge on any atom is -0.435 e. The van der Waals surface area contributed by atoms with E-state index in [1.807, 2.05) is 5.38 Å². The van der Waals surface area contributed by atoms with Crippen LogP contribution in [0.3, 0.4) is 0 Å². The normalized spacial score (nSPS) is 10.5. The summed E-state index contributed by atoms with van der Waals surface area (Å²) in [6.07, 6.45) is 0.0702. The van der Waals surface area contributed by atoms with Crippen LogP contribution in [0.1, 0.15) is 15.2 Å². The Hall–Kier alpha value is -3.26. The molecular formula is C20H16F2N2O3S. The van der Waals surface area contributed by atoms with E-state index in [0.29, 0.717) is 21.8 Å². The van der Waals surface area contributed by atoms with Gasteiger partial charge in [0.2, 0.25) is 5.91 Å². The van der Waals surface area contributed by atoms with Gasteiger partial charge in [0.25, 0.3) is 5.91 Å². The summed E-state index contributed by atoms with van der Waals surface area (Å²) in [6, 6.07) is 16.2. The number of benzene rings is 2. The molecule has 144 valence electrons. The lowest BCUT2D eigenvalue weighted by molar-refractivity contribution is -0.115. The SMILES string of the molecule is O=C(Cc1ccc(OC(F)F)cc1)Nc1cccc(NC(=O)c2cccs2)c1. The molecule has 0 spiro atoms. The van der Waals surface area contributed by atoms with Crippen molar-refractivity contribution in [1.82, 2.24) is 0 Å². The van der Waals surface area contributed by atoms with Crippen LogP contribution in [-0.4, -0.2) is 18.4 Å². The minimum absolute atomic E-state index is 0.0355. The average Bonchev–Trinajstić information content (AvgIpc) is 3.18. The molecule has 0 saturated carbocycles. The van der Waals surface area contributed by atoms with Crippen molar-refractivity contribution in [3.63, 3.8) is 0 Å². The van der Waals surface area contributed by atoms with Crippen LogP contribution in [0.4, 0.5) is 20.2 Å². The van der Waals surface area contributed by atoms with E-state index < -0.39 is 6.61 Å². The molecule has 0 unspecified atom stereocenters. The second-order valence-corrected chi connectivity index (χ2v) is 6.71. The van der Waals surface area contributed by atoms with E-state index >= 15 is 0 Å². The number of hydrogen-bond acceptors (Lipinski definition) is 4. The molecule has 0 bridgehead atoms. The number of carbonyl (C=O) groups is 2. The number of ether oxygens (including phenoxy) is 1. The summed E-state index contributed by atoms with van der Waals surface area (Å²) in [5, 5.41) is 7.34. The molecule has 2 aromatic carbocycles. The van der Waals surface area contributed by atoms with Crippen LogP contribution in [0.15, 0.2) is 66.0 Å². The third-order valence-electron chi connectivity index (χ3n) is 3.66. The van der Waals surface area contributed by atoms with Crippen LogP contribution in [0.25, 0.3) is 0 Å². The molecule has 5 nitrogen and oxygen atoms in total. The van der Waals surface area contributed by atoms with Gasteiger partial charge < -0.3 is 15.4 Å². The second-order valence-electron chi connectivity index (χ2n) is 5.76. The van der Waals surface area contributed by atoms with Crippen LogP contribution in [0.2, 0.25) is 0 Å². The highest BCUT2D eigenvalue weighted by Gasteiger charge is 2.09. The first-order chi connectivity index (χ1) is 13.5. The van der Waals surface area contributed by atoms with Gasteiger partial charge in [0, 0.05) is 11.4 Å². The number of alkyl halides is 2. The molecule has 0 saturated heterocycles. The lowest BCUT2D eigenvalue weighted by Gasteiger charge is -2.09. The van der Waals surface area contributed by atoms with E-state index in [-0.39, 0.29) is 24.0 Å². The molecular weight excluding hydrogens is 386 g/mol. The van der Waals surface area contributed by atoms with E-state index in [0.717, 1.165) is 0 Å². The monoisotopic (exact) mass is 402 g/mol. The Labute approximate surface area is 164 Å². The van der Waals surface area contributed by atoms with Crippen LogP contribution >= 0.6 is 11.3 Å². The third-order valence-corrected chi connectivity index (χ3v) is 4.53. The van der Waals surface area contributed by atoms with Gasteiger partial charge in [-0.05, 0) is 47.3 Å². The minimum atomic E-state index is -2.89. The number of hydrogen-bond donors (Lipinski definition) is 2. The highest BCUT2D eigenvalue weighted by molar-refractivity contribution is 7.12. The maximum absolute atomic E-state index is 12.2. The number of nitrogens with one attached hydrogen (secondary N) is 2. The van der Waals surface area contributed by atoms with Crippen molar-refractivity contribution in [2.45, 2.75) is 13.0 Å². The zero-order valence-electron chi connectivity index (χ0n) is 14.5. The molecule has 1 heterocycles. The van der Waals surface area contributed by atoms with Crippen molar-refractivity contribution in [3.05, 3.63) is 76.5 Å². The lowest BCUT2D eigenvalue weighted by Crippen LogP contribution is -2.15. The number of carbonyl (C=O) groups excluding carboxylic acids is 2. The number of amides is 2. The highest BCUT2D eigenvalue weighted by atomic mass is 32.1. The van der Waals surface area contributed by atoms with E-state index in [4.69, 9.17) is 0 Å². The summed E-state index contributed by atoms with van der Waals surface area (Å²) >= 11 is 1.34. The van der Waals surface area contributed by atoms with Crippen molar-refractivity contribution in [1.29, 1.82) is 0 Å². The predicted molar refractivity (Wildman–Crippen MR) is 104 cm³/mol. The Balaban J connectivity index is 1.57. The topological polar surface area (TPSA) is 67.4 Å². The quantitative estimate of drug-likeness (QED) is 0.598. The summed E-state index contributed by atoms with van der Waals surface area (Å²) in [5.41, 5.74) is 1.75. The van der Waals surface area contributed by atoms with Gasteiger partial charge >= 0.3 is 6.61 Å². The Bertz CT molecular complexity index is 944. The molecule has 2 amide bonds. The lowest BCUT2D eigenvalue weighted by atomic mass is 10.1. The molecule has 8 heteroatoms. The van der Waals surface area contributed by atoms with E-state index in [2.05, 4.69) is 15.4 Å². The first-order valence-electron chi connectivity index (χ1n) is 8.28. The Morgan fingerprint density at radius 1 is 0.964 bits per heavy atom. The molecule has 2 N–H and O–H groups in total. The molecule has 0 aliphatic rings. The zero-order chi connectivity index (χ0) is 19.9. The van der Waals surface area contributed by atoms with E-state index in [9.17, 15) is 18.4 Å². The van der Waals surface area contributed by atoms with Gasteiger partial charge in [-0.2, -0.15) is 8.78 Å². The van der Waals surface area contributed by atoms with E-state index in [1.165, 1.54) is 23.5 Å². The van der Waals surface area contributed by atoms with Gasteiger partial charge in [0.15, 0.2) is 0 Å². The Morgan fingerprint density at radius 2 is 1.68 bits per heavy atom. The van der Waals surface area contributed by atoms with Gasteiger partial charge in [0.1, 0.15) is 5.75 Å². The number of halogens is 2. The number of rotatable bonds is 7. The predicted octanol–water partition coefficient (Wildman–Crippen LogP) is 4.78. The fourth-order valence-electron chi connectivity index (χ4n) is 2.45. The highest BCUT2D eigenvalue weighted by Crippen LogP contribution is 2.19. The van der Waals surface area contributed by atoms with Crippen LogP contribution < -0.4 is 15.4 Å². The summed E-state index contributed by atoms with van der Waals surface area (Å²) < 4.78 is 28.6. The molecule has 0 aliphatic carbocycles. The summed E-state index contributed by atoms with van der Waals surface area (Å²) in [7, 11) is 0. The summed E-state index contributed by atoms with van der Waals surface area (Å²) in [6.45, 7) is -2.89. The fraction of sp³-hybridized carbons (Fsp3) is 0.100. The van der Waals surface area contributed by atoms with Gasteiger partial charge in [0.05, 0.1) is 11.3 Å². The standard InChI is InChI=1S/C20H16F2N2O3S/c21-20(22)27-16-8-6-13(7-9-16)11-18(25)23-14-3-1-4-15(12-14)24-19(26)17-5-2-10-28-17/h1-10,12,20H,11H2,(H,23,25)(H,24,26). The average molecular weight is 402 g/mol. The molecule has 0 radical (unpaired) electrons. The zero-order valence-corrected chi connectivity index (χ0v) is 15.3. The smallest absolute Gasteiger partial charge is 0.387 e. The van der Waals surface area contributed by atoms with Gasteiger partial charge in [-0.25, -0.2) is 0 Å². The fourth-order valence-corrected chi connectivity index (χ4v) is 3.07. The number of anilines is 2. The molecule has 0 fully saturated rings. The molecule has 0 aliphatic heterocycles. The molecule has 3 rings (SSSR count). The first kappa shape index (κ1) is 19.5. The molecule has 28 heavy (non-hydrogen) atoms. The van der Waals surface area contributed by atoms with Crippen LogP contribution in [0, 0.1) is 0 Å². The molecule has 3 aromatic rings. The largest absolute Gasteiger partial charge is 0.435 e. The maximum atomic E-state index is 12.2. The van der Waals surface area contributed by atoms with Crippen molar-refractivity contribution in [2.24, 2.45) is 0 Å². The van der Waals surface area contributed by atoms with Gasteiger partial charge in [-0.15, -0.1) is 11.3 Å². The van der Waals surface area contributed by atoms with E-state index in [1.54, 1.807) is 48.5 Å². The van der Waals surface area contributed by atoms with Gasteiger partial charge in [-0.3, -0.25) is 9.59 Å². The third kappa shape index (κ3) is 5.62. The van der Waals surface area contributed by atoms with Gasteiger partial charge in [-0.1, -0.05) is 24.3 Å². The Kier molecular flexibility index (Phi) is 6.33. The molecule has 1 aromatic heterocycles. The summed E-state index contributed by atoms with van der Waals surface area (Å²) in [5.74, 6) is -0.456. The van der Waals surface area contributed by atoms with Crippen molar-refractivity contribution < 1.29 is 23.1 Å². The van der Waals surface area contributed by atoms with Crippen molar-refractivity contribution >= 4 is 34.5 Å². The Morgan fingerprint density at radius 3 is 2.32 bits per heavy atom. The van der Waals surface area contributed by atoms with Crippen molar-refractivity contribution in [2.75, 3.05) is 10.6 Å². The number of thiophene rings is 1. The second kappa shape index (κ2) is 9.09. The summed E-state index contributed by atoms with van der Waals surface area (Å²) in [4.78, 5) is 24.9. The molecule has 0 atom stereocenters. The first-order valence-corrected chi connectivity index (χ1v) is 9.16. The van der Waals surface area contributed by atoms with Crippen molar-refractivity contribution in [3.8, 4) is 5.75 Å². The maximum Gasteiger partial charge on any atom is 0.387 e.